The molecule has 0 amide bonds. The Morgan fingerprint density at radius 2 is 1.50 bits per heavy atom. The van der Waals surface area contributed by atoms with E-state index in [0.29, 0.717) is 99.3 Å². The van der Waals surface area contributed by atoms with Gasteiger partial charge in [0.25, 0.3) is 0 Å². The van der Waals surface area contributed by atoms with Crippen molar-refractivity contribution in [1.82, 2.24) is 24.9 Å². The lowest BCUT2D eigenvalue weighted by Gasteiger charge is -2.34. The molecule has 2 fully saturated rings. The Bertz CT molecular complexity index is 2050. The fourth-order valence-corrected chi connectivity index (χ4v) is 7.37. The number of pyridine rings is 1. The molecule has 0 radical (unpaired) electrons. The first-order valence-electron chi connectivity index (χ1n) is 16.9. The van der Waals surface area contributed by atoms with Crippen LogP contribution >= 0.6 is 27.5 Å². The Labute approximate surface area is 310 Å². The quantitative estimate of drug-likeness (QED) is 0.266. The summed E-state index contributed by atoms with van der Waals surface area (Å²) in [6.07, 6.45) is 5.62. The summed E-state index contributed by atoms with van der Waals surface area (Å²) in [5.41, 5.74) is 3.40. The summed E-state index contributed by atoms with van der Waals surface area (Å²) in [4.78, 5) is 25.9. The first kappa shape index (κ1) is 34.5. The van der Waals surface area contributed by atoms with Gasteiger partial charge in [-0.3, -0.25) is 4.98 Å². The van der Waals surface area contributed by atoms with E-state index in [9.17, 15) is 9.50 Å². The highest BCUT2D eigenvalue weighted by atomic mass is 79.9. The molecule has 0 bridgehead atoms. The zero-order valence-corrected chi connectivity index (χ0v) is 30.1. The minimum atomic E-state index is -0.559. The van der Waals surface area contributed by atoms with Crippen LogP contribution in [0.25, 0.3) is 0 Å². The Morgan fingerprint density at radius 1 is 0.808 bits per heavy atom. The topological polar surface area (TPSA) is 141 Å². The fourth-order valence-electron chi connectivity index (χ4n) is 6.56. The van der Waals surface area contributed by atoms with Gasteiger partial charge in [0.1, 0.15) is 11.9 Å². The maximum Gasteiger partial charge on any atom is 0.248 e. The number of phenolic OH excluding ortho intramolecular Hbond substituents is 1. The van der Waals surface area contributed by atoms with E-state index < -0.39 is 17.7 Å². The smallest absolute Gasteiger partial charge is 0.248 e. The summed E-state index contributed by atoms with van der Waals surface area (Å²) in [7, 11) is 0. The maximum absolute atomic E-state index is 15.3. The predicted octanol–water partition coefficient (Wildman–Crippen LogP) is 5.09. The van der Waals surface area contributed by atoms with E-state index in [0.717, 1.165) is 23.9 Å². The van der Waals surface area contributed by atoms with Crippen LogP contribution in [-0.4, -0.2) is 101 Å². The summed E-state index contributed by atoms with van der Waals surface area (Å²) in [5, 5.41) is 23.5. The van der Waals surface area contributed by atoms with Crippen molar-refractivity contribution in [1.29, 1.82) is 0 Å². The van der Waals surface area contributed by atoms with Gasteiger partial charge in [-0.05, 0) is 42.7 Å². The lowest BCUT2D eigenvalue weighted by molar-refractivity contribution is 0.0392. The number of hydrogen-bond acceptors (Lipinski definition) is 14. The van der Waals surface area contributed by atoms with Gasteiger partial charge in [0, 0.05) is 55.4 Å². The van der Waals surface area contributed by atoms with Gasteiger partial charge in [-0.15, -0.1) is 0 Å². The molecule has 0 saturated carbocycles. The highest BCUT2D eigenvalue weighted by Gasteiger charge is 2.29. The highest BCUT2D eigenvalue weighted by Crippen LogP contribution is 2.35. The van der Waals surface area contributed by atoms with E-state index >= 15 is 4.39 Å². The molecule has 2 saturated heterocycles. The number of ether oxygens (including phenoxy) is 2. The van der Waals surface area contributed by atoms with Gasteiger partial charge in [-0.1, -0.05) is 27.5 Å². The van der Waals surface area contributed by atoms with Crippen molar-refractivity contribution < 1.29 is 23.4 Å². The van der Waals surface area contributed by atoms with E-state index in [1.54, 1.807) is 28.3 Å². The molecule has 4 aromatic rings. The lowest BCUT2D eigenvalue weighted by atomic mass is 10.0. The summed E-state index contributed by atoms with van der Waals surface area (Å²) in [6, 6.07) is 7.17. The van der Waals surface area contributed by atoms with Crippen molar-refractivity contribution in [3.8, 4) is 5.75 Å². The molecule has 14 nitrogen and oxygen atoms in total. The number of hydrogen-bond donors (Lipinski definition) is 1. The molecule has 1 unspecified atom stereocenters. The second kappa shape index (κ2) is 14.8. The molecule has 52 heavy (non-hydrogen) atoms. The van der Waals surface area contributed by atoms with Gasteiger partial charge in [0.2, 0.25) is 11.9 Å². The van der Waals surface area contributed by atoms with Crippen LogP contribution in [-0.2, 0) is 9.47 Å². The van der Waals surface area contributed by atoms with Crippen LogP contribution in [0, 0.1) is 11.6 Å². The third-order valence-electron chi connectivity index (χ3n) is 9.18. The van der Waals surface area contributed by atoms with Gasteiger partial charge in [-0.25, -0.2) is 28.8 Å². The molecular weight excluding hydrogens is 764 g/mol. The number of anilines is 4. The molecule has 1 atom stereocenters. The van der Waals surface area contributed by atoms with Gasteiger partial charge in [0.05, 0.1) is 60.9 Å². The number of nitrogens with zero attached hydrogens (tertiary/aromatic N) is 11. The predicted molar refractivity (Wildman–Crippen MR) is 195 cm³/mol. The Balaban J connectivity index is 0.995. The molecule has 8 rings (SSSR count). The second-order valence-corrected chi connectivity index (χ2v) is 13.9. The summed E-state index contributed by atoms with van der Waals surface area (Å²) in [5.74, 6) is -0.154. The van der Waals surface area contributed by atoms with Crippen LogP contribution in [0.5, 0.6) is 5.75 Å². The number of aromatic hydroxyl groups is 1. The molecule has 3 aromatic heterocycles. The van der Waals surface area contributed by atoms with Crippen molar-refractivity contribution in [2.45, 2.75) is 25.4 Å². The molecule has 0 aliphatic carbocycles. The van der Waals surface area contributed by atoms with Crippen molar-refractivity contribution >= 4 is 62.5 Å². The zero-order valence-electron chi connectivity index (χ0n) is 27.8. The molecular formula is C34H33BrClF2N11O3. The molecule has 4 aliphatic heterocycles. The van der Waals surface area contributed by atoms with Gasteiger partial charge in [-0.2, -0.15) is 20.2 Å². The molecule has 18 heteroatoms. The van der Waals surface area contributed by atoms with Crippen LogP contribution < -0.4 is 19.8 Å². The lowest BCUT2D eigenvalue weighted by Crippen LogP contribution is -2.39. The molecule has 270 valence electrons. The number of benzene rings is 1. The number of hydrazone groups is 2. The van der Waals surface area contributed by atoms with Gasteiger partial charge >= 0.3 is 0 Å². The van der Waals surface area contributed by atoms with E-state index in [2.05, 4.69) is 46.0 Å². The minimum Gasteiger partial charge on any atom is -0.506 e. The molecule has 0 spiro atoms. The maximum atomic E-state index is 15.3. The average Bonchev–Trinajstić information content (AvgIpc) is 3.67. The van der Waals surface area contributed by atoms with Crippen LogP contribution in [0.4, 0.5) is 32.3 Å². The number of morpholine rings is 2. The highest BCUT2D eigenvalue weighted by molar-refractivity contribution is 9.10. The van der Waals surface area contributed by atoms with Crippen molar-refractivity contribution in [2.24, 2.45) is 10.2 Å². The van der Waals surface area contributed by atoms with E-state index in [-0.39, 0.29) is 28.4 Å². The zero-order chi connectivity index (χ0) is 35.8. The number of phenols is 1. The van der Waals surface area contributed by atoms with Crippen LogP contribution in [0.2, 0.25) is 5.02 Å². The summed E-state index contributed by atoms with van der Waals surface area (Å²) in [6.45, 7) is 4.24. The molecule has 7 heterocycles. The SMILES string of the molecule is Oc1c(Cl)cc(Br)cc1C1=NN(c2ncc(F)c(N3CCOC(c4ccnc(C5=NN(c6ncc(F)c(N7CCOCC7)n6)CCC5)c4)C3)n2)CC1. The number of halogens is 4. The largest absolute Gasteiger partial charge is 0.506 e. The standard InChI is InChI=1S/C34H33BrClF2N11O3/c35-21-15-22(30(50)23(36)16-21)26-4-7-49(44-26)34-41-18-25(38)32(43-34)47-10-13-52-29(19-47)20-3-5-39-28(14-20)27-2-1-6-48(45-27)33-40-17-24(37)31(42-33)46-8-11-51-12-9-46/h3,5,14-18,29,50H,1-2,4,6-13,19H2. The van der Waals surface area contributed by atoms with Crippen LogP contribution in [0.3, 0.4) is 0 Å². The average molecular weight is 797 g/mol. The second-order valence-electron chi connectivity index (χ2n) is 12.5. The minimum absolute atomic E-state index is 0.0577. The van der Waals surface area contributed by atoms with Crippen molar-refractivity contribution in [2.75, 3.05) is 78.9 Å². The number of aromatic nitrogens is 5. The normalized spacial score (nSPS) is 19.6. The monoisotopic (exact) mass is 795 g/mol. The molecule has 1 aromatic carbocycles. The van der Waals surface area contributed by atoms with E-state index in [1.165, 1.54) is 6.20 Å². The summed E-state index contributed by atoms with van der Waals surface area (Å²) >= 11 is 9.59. The first-order valence-corrected chi connectivity index (χ1v) is 18.1. The van der Waals surface area contributed by atoms with E-state index in [4.69, 9.17) is 26.2 Å². The van der Waals surface area contributed by atoms with Crippen LogP contribution in [0.1, 0.15) is 42.2 Å². The fraction of sp³-hybridized carbons (Fsp3) is 0.382. The van der Waals surface area contributed by atoms with Crippen molar-refractivity contribution in [3.05, 3.63) is 80.8 Å². The van der Waals surface area contributed by atoms with E-state index in [1.807, 2.05) is 21.9 Å². The van der Waals surface area contributed by atoms with Gasteiger partial charge < -0.3 is 24.4 Å². The third kappa shape index (κ3) is 7.09. The first-order chi connectivity index (χ1) is 25.3. The van der Waals surface area contributed by atoms with Crippen molar-refractivity contribution in [3.63, 3.8) is 0 Å². The molecule has 1 N–H and O–H groups in total. The third-order valence-corrected chi connectivity index (χ3v) is 9.93. The summed E-state index contributed by atoms with van der Waals surface area (Å²) < 4.78 is 42.3. The van der Waals surface area contributed by atoms with Gasteiger partial charge in [0.15, 0.2) is 23.3 Å². The Hall–Kier alpha value is -4.58. The number of rotatable bonds is 7. The van der Waals surface area contributed by atoms with Crippen LogP contribution in [0.15, 0.2) is 57.5 Å². The molecule has 4 aliphatic rings. The Morgan fingerprint density at radius 3 is 2.27 bits per heavy atom. The Kier molecular flexibility index (Phi) is 9.82.